The Balaban J connectivity index is 2.09. The number of likely N-dealkylation sites (N-methyl/N-ethyl adjacent to an activating group) is 1. The van der Waals surface area contributed by atoms with Crippen LogP contribution in [0.5, 0.6) is 0 Å². The lowest BCUT2D eigenvalue weighted by atomic mass is 10.1. The molecule has 1 N–H and O–H groups in total. The van der Waals surface area contributed by atoms with Crippen molar-refractivity contribution in [2.24, 2.45) is 7.05 Å². The molecule has 15 heavy (non-hydrogen) atoms. The molecule has 0 saturated carbocycles. The molecule has 0 aliphatic carbocycles. The van der Waals surface area contributed by atoms with Crippen LogP contribution in [0.15, 0.2) is 35.3 Å². The van der Waals surface area contributed by atoms with Crippen molar-refractivity contribution in [3.63, 3.8) is 0 Å². The summed E-state index contributed by atoms with van der Waals surface area (Å²) in [5, 5.41) is 7.61. The smallest absolute Gasteiger partial charge is 0.0950 e. The van der Waals surface area contributed by atoms with E-state index in [4.69, 9.17) is 4.42 Å². The van der Waals surface area contributed by atoms with Gasteiger partial charge in [-0.2, -0.15) is 5.10 Å². The maximum atomic E-state index is 5.07. The molecule has 0 amide bonds. The monoisotopic (exact) mass is 205 g/mol. The molecule has 1 atom stereocenters. The fourth-order valence-corrected chi connectivity index (χ4v) is 1.64. The van der Waals surface area contributed by atoms with Gasteiger partial charge < -0.3 is 9.73 Å². The second-order valence-electron chi connectivity index (χ2n) is 3.58. The van der Waals surface area contributed by atoms with Crippen molar-refractivity contribution in [2.75, 3.05) is 7.05 Å². The van der Waals surface area contributed by atoms with E-state index < -0.39 is 0 Å². The van der Waals surface area contributed by atoms with Gasteiger partial charge in [0.2, 0.25) is 0 Å². The largest absolute Gasteiger partial charge is 0.472 e. The number of hydrogen-bond donors (Lipinski definition) is 1. The van der Waals surface area contributed by atoms with Gasteiger partial charge in [0.15, 0.2) is 0 Å². The van der Waals surface area contributed by atoms with Crippen LogP contribution >= 0.6 is 0 Å². The van der Waals surface area contributed by atoms with Crippen LogP contribution in [0.1, 0.15) is 17.3 Å². The number of aromatic nitrogens is 2. The summed E-state index contributed by atoms with van der Waals surface area (Å²) in [6.07, 6.45) is 6.29. The van der Waals surface area contributed by atoms with Gasteiger partial charge in [0.05, 0.1) is 18.2 Å². The number of furan rings is 1. The van der Waals surface area contributed by atoms with Crippen molar-refractivity contribution in [1.29, 1.82) is 0 Å². The molecule has 80 valence electrons. The minimum atomic E-state index is 0.263. The molecule has 2 rings (SSSR count). The summed E-state index contributed by atoms with van der Waals surface area (Å²) in [7, 11) is 3.87. The average molecular weight is 205 g/mol. The quantitative estimate of drug-likeness (QED) is 0.822. The van der Waals surface area contributed by atoms with Crippen molar-refractivity contribution < 1.29 is 4.42 Å². The molecule has 2 heterocycles. The molecule has 0 saturated heterocycles. The SMILES string of the molecule is CNC(Cc1ccn(C)n1)c1ccoc1. The van der Waals surface area contributed by atoms with Gasteiger partial charge in [-0.25, -0.2) is 0 Å². The Kier molecular flexibility index (Phi) is 2.87. The van der Waals surface area contributed by atoms with E-state index >= 15 is 0 Å². The van der Waals surface area contributed by atoms with Gasteiger partial charge in [-0.1, -0.05) is 0 Å². The Hall–Kier alpha value is -1.55. The van der Waals surface area contributed by atoms with Crippen LogP contribution < -0.4 is 5.32 Å². The first kappa shape index (κ1) is 9.98. The van der Waals surface area contributed by atoms with E-state index in [9.17, 15) is 0 Å². The normalized spacial score (nSPS) is 12.9. The molecule has 1 unspecified atom stereocenters. The first-order valence-electron chi connectivity index (χ1n) is 4.97. The molecule has 0 fully saturated rings. The molecule has 0 radical (unpaired) electrons. The van der Waals surface area contributed by atoms with Gasteiger partial charge >= 0.3 is 0 Å². The van der Waals surface area contributed by atoms with E-state index in [0.29, 0.717) is 0 Å². The molecule has 0 bridgehead atoms. The minimum Gasteiger partial charge on any atom is -0.472 e. The zero-order chi connectivity index (χ0) is 10.7. The summed E-state index contributed by atoms with van der Waals surface area (Å²) in [6, 6.07) is 4.27. The lowest BCUT2D eigenvalue weighted by Gasteiger charge is -2.12. The topological polar surface area (TPSA) is 43.0 Å². The molecule has 4 heteroatoms. The van der Waals surface area contributed by atoms with E-state index in [2.05, 4.69) is 10.4 Å². The molecule has 0 aliphatic heterocycles. The highest BCUT2D eigenvalue weighted by molar-refractivity contribution is 5.15. The van der Waals surface area contributed by atoms with Crippen LogP contribution in [-0.4, -0.2) is 16.8 Å². The molecule has 0 aromatic carbocycles. The van der Waals surface area contributed by atoms with E-state index in [-0.39, 0.29) is 6.04 Å². The molecule has 2 aromatic heterocycles. The zero-order valence-electron chi connectivity index (χ0n) is 8.97. The van der Waals surface area contributed by atoms with Gasteiger partial charge in [-0.05, 0) is 19.2 Å². The molecule has 4 nitrogen and oxygen atoms in total. The number of hydrogen-bond acceptors (Lipinski definition) is 3. The Morgan fingerprint density at radius 2 is 2.40 bits per heavy atom. The second kappa shape index (κ2) is 4.31. The lowest BCUT2D eigenvalue weighted by molar-refractivity contribution is 0.538. The predicted octanol–water partition coefficient (Wildman–Crippen LogP) is 1.52. The Morgan fingerprint density at radius 3 is 2.93 bits per heavy atom. The molecule has 0 spiro atoms. The van der Waals surface area contributed by atoms with Crippen molar-refractivity contribution in [2.45, 2.75) is 12.5 Å². The maximum absolute atomic E-state index is 5.07. The first-order valence-corrected chi connectivity index (χ1v) is 4.97. The highest BCUT2D eigenvalue weighted by Gasteiger charge is 2.12. The Morgan fingerprint density at radius 1 is 1.53 bits per heavy atom. The van der Waals surface area contributed by atoms with Crippen LogP contribution in [0.2, 0.25) is 0 Å². The molecule has 0 aliphatic rings. The average Bonchev–Trinajstić information content (AvgIpc) is 2.85. The summed E-state index contributed by atoms with van der Waals surface area (Å²) >= 11 is 0. The Labute approximate surface area is 88.9 Å². The first-order chi connectivity index (χ1) is 7.29. The van der Waals surface area contributed by atoms with Crippen LogP contribution in [0.3, 0.4) is 0 Å². The highest BCUT2D eigenvalue weighted by Crippen LogP contribution is 2.17. The van der Waals surface area contributed by atoms with Crippen LogP contribution in [0, 0.1) is 0 Å². The summed E-state index contributed by atoms with van der Waals surface area (Å²) in [6.45, 7) is 0. The minimum absolute atomic E-state index is 0.263. The third kappa shape index (κ3) is 2.27. The summed E-state index contributed by atoms with van der Waals surface area (Å²) < 4.78 is 6.89. The number of nitrogens with zero attached hydrogens (tertiary/aromatic N) is 2. The maximum Gasteiger partial charge on any atom is 0.0950 e. The summed E-state index contributed by atoms with van der Waals surface area (Å²) in [5.74, 6) is 0. The highest BCUT2D eigenvalue weighted by atomic mass is 16.3. The number of nitrogens with one attached hydrogen (secondary N) is 1. The molecular formula is C11H15N3O. The molecule has 2 aromatic rings. The standard InChI is InChI=1S/C11H15N3O/c1-12-11(9-4-6-15-8-9)7-10-3-5-14(2)13-10/h3-6,8,11-12H,7H2,1-2H3. The van der Waals surface area contributed by atoms with Crippen molar-refractivity contribution in [3.05, 3.63) is 42.1 Å². The van der Waals surface area contributed by atoms with Crippen molar-refractivity contribution >= 4 is 0 Å². The van der Waals surface area contributed by atoms with Crippen LogP contribution in [-0.2, 0) is 13.5 Å². The van der Waals surface area contributed by atoms with Gasteiger partial charge in [0, 0.05) is 31.3 Å². The number of aryl methyl sites for hydroxylation is 1. The molecular weight excluding hydrogens is 190 g/mol. The third-order valence-electron chi connectivity index (χ3n) is 2.48. The lowest BCUT2D eigenvalue weighted by Crippen LogP contribution is -2.18. The zero-order valence-corrected chi connectivity index (χ0v) is 8.97. The second-order valence-corrected chi connectivity index (χ2v) is 3.58. The van der Waals surface area contributed by atoms with E-state index in [1.165, 1.54) is 0 Å². The van der Waals surface area contributed by atoms with Crippen LogP contribution in [0.4, 0.5) is 0 Å². The number of rotatable bonds is 4. The predicted molar refractivity (Wildman–Crippen MR) is 57.4 cm³/mol. The fraction of sp³-hybridized carbons (Fsp3) is 0.364. The van der Waals surface area contributed by atoms with E-state index in [1.807, 2.05) is 37.1 Å². The summed E-state index contributed by atoms with van der Waals surface area (Å²) in [5.41, 5.74) is 2.24. The van der Waals surface area contributed by atoms with Gasteiger partial charge in [0.25, 0.3) is 0 Å². The summed E-state index contributed by atoms with van der Waals surface area (Å²) in [4.78, 5) is 0. The van der Waals surface area contributed by atoms with Gasteiger partial charge in [-0.3, -0.25) is 4.68 Å². The van der Waals surface area contributed by atoms with Crippen molar-refractivity contribution in [3.8, 4) is 0 Å². The van der Waals surface area contributed by atoms with Gasteiger partial charge in [0.1, 0.15) is 0 Å². The third-order valence-corrected chi connectivity index (χ3v) is 2.48. The van der Waals surface area contributed by atoms with Crippen LogP contribution in [0.25, 0.3) is 0 Å². The fourth-order valence-electron chi connectivity index (χ4n) is 1.64. The Bertz CT molecular complexity index is 405. The van der Waals surface area contributed by atoms with E-state index in [1.54, 1.807) is 12.5 Å². The van der Waals surface area contributed by atoms with Crippen molar-refractivity contribution in [1.82, 2.24) is 15.1 Å². The van der Waals surface area contributed by atoms with Gasteiger partial charge in [-0.15, -0.1) is 0 Å². The van der Waals surface area contributed by atoms with E-state index in [0.717, 1.165) is 17.7 Å².